The molecule has 1 aromatic rings. The molecule has 1 amide bonds. The van der Waals surface area contributed by atoms with Crippen molar-refractivity contribution in [3.8, 4) is 0 Å². The van der Waals surface area contributed by atoms with Crippen LogP contribution in [0.2, 0.25) is 0 Å². The van der Waals surface area contributed by atoms with Gasteiger partial charge in [-0.3, -0.25) is 9.59 Å². The molecule has 1 saturated heterocycles. The number of hydrogen-bond acceptors (Lipinski definition) is 5. The molecule has 0 saturated carbocycles. The van der Waals surface area contributed by atoms with Gasteiger partial charge < -0.3 is 9.64 Å². The highest BCUT2D eigenvalue weighted by Crippen LogP contribution is 2.32. The molecule has 0 spiro atoms. The summed E-state index contributed by atoms with van der Waals surface area (Å²) in [5.74, 6) is -0.839. The van der Waals surface area contributed by atoms with E-state index in [4.69, 9.17) is 4.74 Å². The topological polar surface area (TPSA) is 84.0 Å². The molecular formula is C17H22N2O5S. The van der Waals surface area contributed by atoms with Crippen LogP contribution < -0.4 is 4.90 Å². The van der Waals surface area contributed by atoms with Crippen LogP contribution >= 0.6 is 0 Å². The Morgan fingerprint density at radius 1 is 1.24 bits per heavy atom. The molecule has 1 atom stereocenters. The molecule has 1 aromatic carbocycles. The van der Waals surface area contributed by atoms with E-state index in [2.05, 4.69) is 0 Å². The first kappa shape index (κ1) is 17.9. The minimum atomic E-state index is -3.67. The Morgan fingerprint density at radius 3 is 2.68 bits per heavy atom. The molecule has 1 unspecified atom stereocenters. The van der Waals surface area contributed by atoms with Crippen LogP contribution in [-0.4, -0.2) is 51.3 Å². The maximum atomic E-state index is 13.0. The van der Waals surface area contributed by atoms with E-state index in [1.165, 1.54) is 24.4 Å². The Labute approximate surface area is 147 Å². The van der Waals surface area contributed by atoms with Crippen LogP contribution in [0.3, 0.4) is 0 Å². The number of rotatable bonds is 3. The molecule has 2 aliphatic rings. The maximum absolute atomic E-state index is 13.0. The van der Waals surface area contributed by atoms with E-state index >= 15 is 0 Å². The molecule has 25 heavy (non-hydrogen) atoms. The van der Waals surface area contributed by atoms with Crippen LogP contribution in [0.4, 0.5) is 5.69 Å². The molecule has 1 fully saturated rings. The number of sulfonamides is 1. The highest BCUT2D eigenvalue weighted by Gasteiger charge is 2.34. The normalized spacial score (nSPS) is 21.0. The minimum Gasteiger partial charge on any atom is -0.469 e. The third-order valence-corrected chi connectivity index (χ3v) is 6.74. The summed E-state index contributed by atoms with van der Waals surface area (Å²) in [5, 5.41) is 0. The third kappa shape index (κ3) is 3.28. The Balaban J connectivity index is 1.86. The number of carbonyl (C=O) groups excluding carboxylic acids is 2. The summed E-state index contributed by atoms with van der Waals surface area (Å²) in [6.45, 7) is 2.61. The number of fused-ring (bicyclic) bond motifs is 1. The molecule has 2 aliphatic heterocycles. The van der Waals surface area contributed by atoms with Gasteiger partial charge in [-0.05, 0) is 43.0 Å². The van der Waals surface area contributed by atoms with Crippen molar-refractivity contribution >= 4 is 27.6 Å². The molecule has 8 heteroatoms. The lowest BCUT2D eigenvalue weighted by molar-refractivity contribution is -0.146. The van der Waals surface area contributed by atoms with E-state index in [-0.39, 0.29) is 23.3 Å². The molecule has 3 rings (SSSR count). The van der Waals surface area contributed by atoms with Crippen molar-refractivity contribution in [2.24, 2.45) is 5.92 Å². The number of ether oxygens (including phenoxy) is 1. The van der Waals surface area contributed by atoms with Crippen LogP contribution in [0.15, 0.2) is 23.1 Å². The second kappa shape index (κ2) is 6.76. The van der Waals surface area contributed by atoms with Gasteiger partial charge in [0.05, 0.1) is 17.9 Å². The lowest BCUT2D eigenvalue weighted by Gasteiger charge is -2.30. The summed E-state index contributed by atoms with van der Waals surface area (Å²) >= 11 is 0. The lowest BCUT2D eigenvalue weighted by Crippen LogP contribution is -2.42. The smallest absolute Gasteiger partial charge is 0.309 e. The molecule has 0 bridgehead atoms. The molecular weight excluding hydrogens is 344 g/mol. The van der Waals surface area contributed by atoms with Gasteiger partial charge in [0.2, 0.25) is 15.9 Å². The molecule has 0 aromatic heterocycles. The number of piperidine rings is 1. The number of methoxy groups -OCH3 is 1. The number of hydrogen-bond donors (Lipinski definition) is 0. The van der Waals surface area contributed by atoms with Gasteiger partial charge in [-0.1, -0.05) is 0 Å². The Morgan fingerprint density at radius 2 is 2.00 bits per heavy atom. The van der Waals surface area contributed by atoms with Crippen LogP contribution in [0.1, 0.15) is 25.3 Å². The number of amides is 1. The van der Waals surface area contributed by atoms with Crippen molar-refractivity contribution in [2.45, 2.75) is 31.1 Å². The van der Waals surface area contributed by atoms with Gasteiger partial charge in [0.15, 0.2) is 0 Å². The predicted molar refractivity (Wildman–Crippen MR) is 91.7 cm³/mol. The average Bonchev–Trinajstić information content (AvgIpc) is 3.04. The highest BCUT2D eigenvalue weighted by atomic mass is 32.2. The molecule has 0 radical (unpaired) electrons. The maximum Gasteiger partial charge on any atom is 0.309 e. The second-order valence-electron chi connectivity index (χ2n) is 6.44. The zero-order valence-electron chi connectivity index (χ0n) is 14.4. The number of carbonyl (C=O) groups is 2. The van der Waals surface area contributed by atoms with Crippen molar-refractivity contribution in [2.75, 3.05) is 31.6 Å². The van der Waals surface area contributed by atoms with Gasteiger partial charge >= 0.3 is 5.97 Å². The van der Waals surface area contributed by atoms with Crippen molar-refractivity contribution in [3.63, 3.8) is 0 Å². The Hall–Kier alpha value is -1.93. The zero-order valence-corrected chi connectivity index (χ0v) is 15.2. The van der Waals surface area contributed by atoms with Crippen molar-refractivity contribution in [1.29, 1.82) is 0 Å². The Kier molecular flexibility index (Phi) is 4.83. The predicted octanol–water partition coefficient (Wildman–Crippen LogP) is 1.17. The van der Waals surface area contributed by atoms with Gasteiger partial charge in [-0.15, -0.1) is 0 Å². The first-order valence-electron chi connectivity index (χ1n) is 8.33. The standard InChI is InChI=1S/C17H22N2O5S/c1-12(20)19-9-7-13-10-15(5-6-16(13)19)25(22,23)18-8-3-4-14(11-18)17(21)24-2/h5-6,10,14H,3-4,7-9,11H2,1-2H3. The summed E-state index contributed by atoms with van der Waals surface area (Å²) in [4.78, 5) is 25.2. The van der Waals surface area contributed by atoms with Crippen LogP contribution in [0.25, 0.3) is 0 Å². The van der Waals surface area contributed by atoms with E-state index in [1.54, 1.807) is 17.0 Å². The van der Waals surface area contributed by atoms with Crippen LogP contribution in [0, 0.1) is 5.92 Å². The van der Waals surface area contributed by atoms with E-state index in [0.29, 0.717) is 32.4 Å². The lowest BCUT2D eigenvalue weighted by atomic mass is 10.0. The molecule has 2 heterocycles. The molecule has 0 N–H and O–H groups in total. The number of benzene rings is 1. The van der Waals surface area contributed by atoms with Crippen molar-refractivity contribution < 1.29 is 22.7 Å². The average molecular weight is 366 g/mol. The van der Waals surface area contributed by atoms with Gasteiger partial charge in [-0.2, -0.15) is 4.31 Å². The fourth-order valence-corrected chi connectivity index (χ4v) is 5.11. The van der Waals surface area contributed by atoms with E-state index in [9.17, 15) is 18.0 Å². The number of esters is 1. The molecule has 136 valence electrons. The molecule has 7 nitrogen and oxygen atoms in total. The first-order chi connectivity index (χ1) is 11.8. The summed E-state index contributed by atoms with van der Waals surface area (Å²) < 4.78 is 32.0. The number of anilines is 1. The highest BCUT2D eigenvalue weighted by molar-refractivity contribution is 7.89. The quantitative estimate of drug-likeness (QED) is 0.750. The largest absolute Gasteiger partial charge is 0.469 e. The summed E-state index contributed by atoms with van der Waals surface area (Å²) in [5.41, 5.74) is 1.63. The van der Waals surface area contributed by atoms with Crippen molar-refractivity contribution in [1.82, 2.24) is 4.31 Å². The fraction of sp³-hybridized carbons (Fsp3) is 0.529. The van der Waals surface area contributed by atoms with Crippen LogP contribution in [0.5, 0.6) is 0 Å². The SMILES string of the molecule is COC(=O)C1CCCN(S(=O)(=O)c2ccc3c(c2)CCN3C(C)=O)C1. The zero-order chi connectivity index (χ0) is 18.2. The Bertz CT molecular complexity index is 805. The van der Waals surface area contributed by atoms with Gasteiger partial charge in [0.25, 0.3) is 0 Å². The van der Waals surface area contributed by atoms with Gasteiger partial charge in [0.1, 0.15) is 0 Å². The number of nitrogens with zero attached hydrogens (tertiary/aromatic N) is 2. The summed E-state index contributed by atoms with van der Waals surface area (Å²) in [6.07, 6.45) is 1.90. The summed E-state index contributed by atoms with van der Waals surface area (Å²) in [7, 11) is -2.36. The minimum absolute atomic E-state index is 0.0497. The van der Waals surface area contributed by atoms with Crippen molar-refractivity contribution in [3.05, 3.63) is 23.8 Å². The van der Waals surface area contributed by atoms with E-state index in [0.717, 1.165) is 11.3 Å². The van der Waals surface area contributed by atoms with Gasteiger partial charge in [-0.25, -0.2) is 8.42 Å². The monoisotopic (exact) mass is 366 g/mol. The van der Waals surface area contributed by atoms with E-state index < -0.39 is 15.9 Å². The molecule has 0 aliphatic carbocycles. The van der Waals surface area contributed by atoms with Gasteiger partial charge in [0, 0.05) is 32.2 Å². The first-order valence-corrected chi connectivity index (χ1v) is 9.77. The third-order valence-electron chi connectivity index (χ3n) is 4.88. The van der Waals surface area contributed by atoms with E-state index in [1.807, 2.05) is 0 Å². The van der Waals surface area contributed by atoms with Crippen LogP contribution in [-0.2, 0) is 30.8 Å². The summed E-state index contributed by atoms with van der Waals surface area (Å²) in [6, 6.07) is 4.88. The fourth-order valence-electron chi connectivity index (χ4n) is 3.53. The second-order valence-corrected chi connectivity index (χ2v) is 8.37.